The number of hydrogen-bond donors (Lipinski definition) is 1. The zero-order valence-corrected chi connectivity index (χ0v) is 14.3. The second-order valence-electron chi connectivity index (χ2n) is 8.01. The third kappa shape index (κ3) is 4.21. The Morgan fingerprint density at radius 1 is 1.05 bits per heavy atom. The minimum Gasteiger partial charge on any atom is -0.316 e. The monoisotopic (exact) mass is 280 g/mol. The Labute approximate surface area is 126 Å². The fourth-order valence-corrected chi connectivity index (χ4v) is 4.15. The lowest BCUT2D eigenvalue weighted by molar-refractivity contribution is 0.0958. The maximum atomic E-state index is 3.73. The van der Waals surface area contributed by atoms with E-state index in [0.29, 0.717) is 5.41 Å². The minimum absolute atomic E-state index is 0.561. The van der Waals surface area contributed by atoms with Crippen LogP contribution in [0.2, 0.25) is 0 Å². The topological polar surface area (TPSA) is 15.3 Å². The Morgan fingerprint density at radius 3 is 2.20 bits per heavy atom. The van der Waals surface area contributed by atoms with Gasteiger partial charge in [-0.3, -0.25) is 0 Å². The first-order valence-electron chi connectivity index (χ1n) is 8.98. The van der Waals surface area contributed by atoms with Crippen LogP contribution >= 0.6 is 0 Å². The summed E-state index contributed by atoms with van der Waals surface area (Å²) in [6.45, 7) is 16.0. The second kappa shape index (κ2) is 7.26. The molecule has 0 spiro atoms. The lowest BCUT2D eigenvalue weighted by atomic mass is 9.70. The number of rotatable bonds is 6. The van der Waals surface area contributed by atoms with Crippen LogP contribution < -0.4 is 5.32 Å². The fraction of sp³-hybridized carbons (Fsp3) is 1.00. The maximum absolute atomic E-state index is 3.73. The number of likely N-dealkylation sites (tertiary alicyclic amines) is 1. The average molecular weight is 281 g/mol. The zero-order chi connectivity index (χ0) is 14.6. The highest BCUT2D eigenvalue weighted by Crippen LogP contribution is 2.40. The summed E-state index contributed by atoms with van der Waals surface area (Å²) in [6, 6.07) is 0. The first kappa shape index (κ1) is 16.3. The molecule has 2 heteroatoms. The lowest BCUT2D eigenvalue weighted by Crippen LogP contribution is -2.46. The van der Waals surface area contributed by atoms with Crippen LogP contribution in [0.3, 0.4) is 0 Å². The van der Waals surface area contributed by atoms with Crippen LogP contribution in [0.4, 0.5) is 0 Å². The minimum atomic E-state index is 0.561. The molecule has 0 aromatic heterocycles. The van der Waals surface area contributed by atoms with Gasteiger partial charge in [0.1, 0.15) is 0 Å². The second-order valence-corrected chi connectivity index (χ2v) is 8.01. The lowest BCUT2D eigenvalue weighted by Gasteiger charge is -2.42. The van der Waals surface area contributed by atoms with E-state index in [9.17, 15) is 0 Å². The highest BCUT2D eigenvalue weighted by atomic mass is 15.2. The summed E-state index contributed by atoms with van der Waals surface area (Å²) in [5.41, 5.74) is 0.561. The maximum Gasteiger partial charge on any atom is 0.00504 e. The average Bonchev–Trinajstić information content (AvgIpc) is 2.72. The van der Waals surface area contributed by atoms with Crippen molar-refractivity contribution in [1.82, 2.24) is 10.2 Å². The van der Waals surface area contributed by atoms with E-state index in [0.717, 1.165) is 17.8 Å². The Morgan fingerprint density at radius 2 is 1.65 bits per heavy atom. The van der Waals surface area contributed by atoms with Crippen LogP contribution in [0.1, 0.15) is 59.8 Å². The van der Waals surface area contributed by atoms with E-state index in [4.69, 9.17) is 0 Å². The van der Waals surface area contributed by atoms with E-state index in [1.165, 1.54) is 64.8 Å². The van der Waals surface area contributed by atoms with Gasteiger partial charge in [-0.15, -0.1) is 0 Å². The van der Waals surface area contributed by atoms with Crippen molar-refractivity contribution in [1.29, 1.82) is 0 Å². The van der Waals surface area contributed by atoms with Crippen molar-refractivity contribution in [3.8, 4) is 0 Å². The molecule has 2 nitrogen and oxygen atoms in total. The molecule has 1 heterocycles. The Bertz CT molecular complexity index is 271. The first-order valence-corrected chi connectivity index (χ1v) is 8.98. The van der Waals surface area contributed by atoms with Crippen LogP contribution in [0, 0.1) is 23.2 Å². The van der Waals surface area contributed by atoms with Crippen LogP contribution in [-0.4, -0.2) is 37.6 Å². The third-order valence-corrected chi connectivity index (χ3v) is 5.88. The van der Waals surface area contributed by atoms with Gasteiger partial charge in [-0.2, -0.15) is 0 Å². The highest BCUT2D eigenvalue weighted by Gasteiger charge is 2.38. The summed E-state index contributed by atoms with van der Waals surface area (Å²) in [7, 11) is 0. The molecule has 0 aromatic carbocycles. The summed E-state index contributed by atoms with van der Waals surface area (Å²) < 4.78 is 0. The summed E-state index contributed by atoms with van der Waals surface area (Å²) >= 11 is 0. The van der Waals surface area contributed by atoms with Gasteiger partial charge in [0.05, 0.1) is 0 Å². The van der Waals surface area contributed by atoms with E-state index in [1.807, 2.05) is 0 Å². The molecule has 118 valence electrons. The van der Waals surface area contributed by atoms with Gasteiger partial charge in [0.25, 0.3) is 0 Å². The molecule has 2 aliphatic rings. The molecule has 2 fully saturated rings. The molecule has 0 amide bonds. The molecule has 2 rings (SSSR count). The van der Waals surface area contributed by atoms with Crippen LogP contribution in [0.5, 0.6) is 0 Å². The molecular formula is C18H36N2. The highest BCUT2D eigenvalue weighted by molar-refractivity contribution is 4.91. The predicted molar refractivity (Wildman–Crippen MR) is 88.0 cm³/mol. The van der Waals surface area contributed by atoms with Gasteiger partial charge in [-0.05, 0) is 49.0 Å². The molecule has 2 unspecified atom stereocenters. The van der Waals surface area contributed by atoms with E-state index in [-0.39, 0.29) is 0 Å². The molecule has 0 bridgehead atoms. The van der Waals surface area contributed by atoms with Crippen molar-refractivity contribution in [2.24, 2.45) is 23.2 Å². The van der Waals surface area contributed by atoms with Crippen molar-refractivity contribution in [2.45, 2.75) is 59.8 Å². The largest absolute Gasteiger partial charge is 0.316 e. The van der Waals surface area contributed by atoms with Gasteiger partial charge < -0.3 is 10.2 Å². The number of hydrogen-bond acceptors (Lipinski definition) is 2. The molecule has 2 atom stereocenters. The smallest absolute Gasteiger partial charge is 0.00504 e. The molecule has 1 aliphatic heterocycles. The summed E-state index contributed by atoms with van der Waals surface area (Å²) in [4.78, 5) is 2.76. The van der Waals surface area contributed by atoms with Crippen LogP contribution in [-0.2, 0) is 0 Å². The molecule has 0 radical (unpaired) electrons. The summed E-state index contributed by atoms with van der Waals surface area (Å²) in [6.07, 6.45) is 7.00. The first-order chi connectivity index (χ1) is 9.54. The molecule has 1 aliphatic carbocycles. The predicted octanol–water partition coefficient (Wildman–Crippen LogP) is 3.77. The van der Waals surface area contributed by atoms with Crippen molar-refractivity contribution < 1.29 is 0 Å². The van der Waals surface area contributed by atoms with Gasteiger partial charge in [0.2, 0.25) is 0 Å². The van der Waals surface area contributed by atoms with Crippen LogP contribution in [0.25, 0.3) is 0 Å². The Hall–Kier alpha value is -0.0800. The number of nitrogens with one attached hydrogen (secondary N) is 1. The van der Waals surface area contributed by atoms with E-state index >= 15 is 0 Å². The third-order valence-electron chi connectivity index (χ3n) is 5.88. The summed E-state index contributed by atoms with van der Waals surface area (Å²) in [5, 5.41) is 3.73. The van der Waals surface area contributed by atoms with Crippen molar-refractivity contribution in [3.05, 3.63) is 0 Å². The molecular weight excluding hydrogens is 244 g/mol. The van der Waals surface area contributed by atoms with E-state index in [2.05, 4.69) is 37.9 Å². The van der Waals surface area contributed by atoms with E-state index in [1.54, 1.807) is 0 Å². The SMILES string of the molecule is CCCNCC1(CN2CC(C)C(C)C2)CCC(C)CC1. The van der Waals surface area contributed by atoms with Crippen molar-refractivity contribution >= 4 is 0 Å². The van der Waals surface area contributed by atoms with Crippen molar-refractivity contribution in [3.63, 3.8) is 0 Å². The normalized spacial score (nSPS) is 39.3. The Kier molecular flexibility index (Phi) is 5.92. The summed E-state index contributed by atoms with van der Waals surface area (Å²) in [5.74, 6) is 2.72. The van der Waals surface area contributed by atoms with Gasteiger partial charge in [0.15, 0.2) is 0 Å². The molecule has 1 saturated carbocycles. The van der Waals surface area contributed by atoms with E-state index < -0.39 is 0 Å². The molecule has 0 aromatic rings. The molecule has 1 N–H and O–H groups in total. The van der Waals surface area contributed by atoms with Gasteiger partial charge in [0, 0.05) is 26.2 Å². The van der Waals surface area contributed by atoms with Crippen LogP contribution in [0.15, 0.2) is 0 Å². The molecule has 20 heavy (non-hydrogen) atoms. The van der Waals surface area contributed by atoms with Crippen molar-refractivity contribution in [2.75, 3.05) is 32.7 Å². The standard InChI is InChI=1S/C18H36N2/c1-5-10-19-13-18(8-6-15(2)7-9-18)14-20-11-16(3)17(4)12-20/h15-17,19H,5-14H2,1-4H3. The van der Waals surface area contributed by atoms with Gasteiger partial charge >= 0.3 is 0 Å². The number of nitrogens with zero attached hydrogens (tertiary/aromatic N) is 1. The quantitative estimate of drug-likeness (QED) is 0.745. The van der Waals surface area contributed by atoms with Gasteiger partial charge in [-0.1, -0.05) is 40.5 Å². The molecule has 1 saturated heterocycles. The fourth-order valence-electron chi connectivity index (χ4n) is 4.15. The van der Waals surface area contributed by atoms with Gasteiger partial charge in [-0.25, -0.2) is 0 Å². The zero-order valence-electron chi connectivity index (χ0n) is 14.3. The Balaban J connectivity index is 1.92.